The van der Waals surface area contributed by atoms with Gasteiger partial charge in [-0.2, -0.15) is 5.06 Å². The van der Waals surface area contributed by atoms with Crippen LogP contribution in [0.4, 0.5) is 4.79 Å². The molecule has 1 aromatic rings. The van der Waals surface area contributed by atoms with E-state index in [1.54, 1.807) is 25.3 Å². The van der Waals surface area contributed by atoms with Crippen molar-refractivity contribution in [2.24, 2.45) is 4.99 Å². The number of aliphatic imine (C=N–C) groups is 1. The van der Waals surface area contributed by atoms with Gasteiger partial charge in [-0.3, -0.25) is 14.8 Å². The molecule has 1 heterocycles. The van der Waals surface area contributed by atoms with Gasteiger partial charge in [-0.25, -0.2) is 4.79 Å². The van der Waals surface area contributed by atoms with Crippen molar-refractivity contribution in [1.29, 1.82) is 0 Å². The summed E-state index contributed by atoms with van der Waals surface area (Å²) >= 11 is 7.67. The first kappa shape index (κ1) is 24.5. The summed E-state index contributed by atoms with van der Waals surface area (Å²) in [5.74, 6) is 1.19. The van der Waals surface area contributed by atoms with E-state index in [0.29, 0.717) is 16.7 Å². The molecular weight excluding hydrogens is 402 g/mol. The highest BCUT2D eigenvalue weighted by Crippen LogP contribution is 2.32. The molecule has 28 heavy (non-hydrogen) atoms. The predicted molar refractivity (Wildman–Crippen MR) is 114 cm³/mol. The van der Waals surface area contributed by atoms with Gasteiger partial charge < -0.3 is 4.74 Å². The Labute approximate surface area is 176 Å². The van der Waals surface area contributed by atoms with Gasteiger partial charge in [0.15, 0.2) is 5.82 Å². The number of carbonyl (C=O) groups excluding carboxylic acids is 1. The van der Waals surface area contributed by atoms with Gasteiger partial charge in [-0.1, -0.05) is 13.5 Å². The topological polar surface area (TPSA) is 92.8 Å². The van der Waals surface area contributed by atoms with E-state index in [0.717, 1.165) is 5.03 Å². The number of hydrogen-bond donors (Lipinski definition) is 1. The molecule has 1 N–H and O–H groups in total. The summed E-state index contributed by atoms with van der Waals surface area (Å²) in [5.41, 5.74) is -0.698. The number of aryl methyl sites for hydroxylation is 1. The van der Waals surface area contributed by atoms with E-state index in [4.69, 9.17) is 16.3 Å². The minimum atomic E-state index is -0.821. The fourth-order valence-corrected chi connectivity index (χ4v) is 3.32. The molecule has 0 aliphatic heterocycles. The van der Waals surface area contributed by atoms with E-state index in [1.807, 2.05) is 20.8 Å². The number of carbonyl (C=O) groups is 1. The maximum atomic E-state index is 11.9. The van der Waals surface area contributed by atoms with E-state index in [-0.39, 0.29) is 23.6 Å². The molecule has 0 aliphatic carbocycles. The molecule has 0 fully saturated rings. The van der Waals surface area contributed by atoms with Crippen molar-refractivity contribution in [2.45, 2.75) is 70.2 Å². The van der Waals surface area contributed by atoms with E-state index < -0.39 is 17.7 Å². The van der Waals surface area contributed by atoms with Crippen molar-refractivity contribution < 1.29 is 14.7 Å². The minimum Gasteiger partial charge on any atom is -0.442 e. The summed E-state index contributed by atoms with van der Waals surface area (Å²) in [6.07, 6.45) is -0.533. The lowest BCUT2D eigenvalue weighted by molar-refractivity contribution is -0.0949. The second kappa shape index (κ2) is 10.3. The van der Waals surface area contributed by atoms with E-state index in [9.17, 15) is 10.0 Å². The fourth-order valence-electron chi connectivity index (χ4n) is 2.22. The summed E-state index contributed by atoms with van der Waals surface area (Å²) < 4.78 is 6.93. The van der Waals surface area contributed by atoms with Gasteiger partial charge in [0, 0.05) is 10.6 Å². The Hall–Kier alpha value is -1.58. The molecule has 8 nitrogen and oxygen atoms in total. The van der Waals surface area contributed by atoms with Gasteiger partial charge in [0.05, 0.1) is 11.6 Å². The molecule has 0 aromatic carbocycles. The monoisotopic (exact) mass is 431 g/mol. The van der Waals surface area contributed by atoms with Crippen molar-refractivity contribution in [3.05, 3.63) is 18.2 Å². The van der Waals surface area contributed by atoms with Gasteiger partial charge in [-0.15, -0.1) is 33.6 Å². The van der Waals surface area contributed by atoms with Crippen LogP contribution in [0.5, 0.6) is 0 Å². The first-order valence-corrected chi connectivity index (χ1v) is 10.3. The zero-order valence-electron chi connectivity index (χ0n) is 17.3. The first-order valence-electron chi connectivity index (χ1n) is 8.94. The Balaban J connectivity index is 2.89. The van der Waals surface area contributed by atoms with Gasteiger partial charge in [0.1, 0.15) is 17.5 Å². The van der Waals surface area contributed by atoms with Gasteiger partial charge in [0.25, 0.3) is 0 Å². The van der Waals surface area contributed by atoms with Crippen molar-refractivity contribution >= 4 is 41.2 Å². The van der Waals surface area contributed by atoms with Crippen LogP contribution in [0.3, 0.4) is 0 Å². The van der Waals surface area contributed by atoms with E-state index in [2.05, 4.69) is 28.5 Å². The van der Waals surface area contributed by atoms with Crippen molar-refractivity contribution in [3.63, 3.8) is 0 Å². The summed E-state index contributed by atoms with van der Waals surface area (Å²) in [7, 11) is 0. The number of hydroxylamine groups is 2. The van der Waals surface area contributed by atoms with Gasteiger partial charge in [0.2, 0.25) is 0 Å². The van der Waals surface area contributed by atoms with Gasteiger partial charge in [-0.05, 0) is 47.8 Å². The Morgan fingerprint density at radius 3 is 2.54 bits per heavy atom. The highest BCUT2D eigenvalue weighted by atomic mass is 35.5. The maximum absolute atomic E-state index is 11.9. The zero-order valence-corrected chi connectivity index (χ0v) is 18.9. The Bertz CT molecular complexity index is 702. The van der Waals surface area contributed by atoms with Crippen molar-refractivity contribution in [1.82, 2.24) is 19.8 Å². The molecular formula is C18H30ClN5O3S. The van der Waals surface area contributed by atoms with E-state index in [1.165, 1.54) is 11.8 Å². The number of alkyl halides is 1. The number of ether oxygens (including phenoxy) is 1. The van der Waals surface area contributed by atoms with Crippen LogP contribution in [0.2, 0.25) is 0 Å². The lowest BCUT2D eigenvalue weighted by Crippen LogP contribution is -2.35. The predicted octanol–water partition coefficient (Wildman–Crippen LogP) is 4.52. The second-order valence-electron chi connectivity index (χ2n) is 7.43. The number of aromatic nitrogens is 3. The third-order valence-corrected chi connectivity index (χ3v) is 5.57. The maximum Gasteiger partial charge on any atom is 0.434 e. The number of hydrogen-bond acceptors (Lipinski definition) is 7. The van der Waals surface area contributed by atoms with Crippen LogP contribution in [0.1, 0.15) is 58.7 Å². The summed E-state index contributed by atoms with van der Waals surface area (Å²) in [5, 5.41) is 19.6. The van der Waals surface area contributed by atoms with E-state index >= 15 is 0 Å². The number of rotatable bonds is 9. The molecule has 158 valence electrons. The van der Waals surface area contributed by atoms with Crippen LogP contribution < -0.4 is 0 Å². The smallest absolute Gasteiger partial charge is 0.434 e. The molecule has 0 spiro atoms. The molecule has 0 radical (unpaired) electrons. The molecule has 1 unspecified atom stereocenters. The Kier molecular flexibility index (Phi) is 8.97. The molecule has 0 saturated carbocycles. The largest absolute Gasteiger partial charge is 0.442 e. The quantitative estimate of drug-likeness (QED) is 0.267. The molecule has 10 heteroatoms. The summed E-state index contributed by atoms with van der Waals surface area (Å²) in [6, 6.07) is -0.487. The lowest BCUT2D eigenvalue weighted by atomic mass is 10.2. The summed E-state index contributed by atoms with van der Waals surface area (Å²) in [6.45, 7) is 18.7. The molecule has 3 atom stereocenters. The Morgan fingerprint density at radius 2 is 2.04 bits per heavy atom. The average molecular weight is 432 g/mol. The van der Waals surface area contributed by atoms with Crippen LogP contribution in [0, 0.1) is 6.92 Å². The van der Waals surface area contributed by atoms with Crippen LogP contribution >= 0.6 is 23.4 Å². The lowest BCUT2D eigenvalue weighted by Gasteiger charge is -2.24. The second-order valence-corrected chi connectivity index (χ2v) is 9.56. The van der Waals surface area contributed by atoms with Crippen LogP contribution in [-0.2, 0) is 4.74 Å². The standard InChI is InChI=1S/C18H30ClN5O3S/c1-11(19)12(2)28-14(4)24-13(3)21-22-16(24)15(20-8)9-10-23(26)17(25)27-18(5,6)7/h11-12,15,26H,4,8-10H2,1-3,5-7H3/t11-,12?,15-/m0/s1. The van der Waals surface area contributed by atoms with Gasteiger partial charge >= 0.3 is 6.09 Å². The van der Waals surface area contributed by atoms with Crippen LogP contribution in [0.25, 0.3) is 5.03 Å². The van der Waals surface area contributed by atoms with Crippen molar-refractivity contribution in [2.75, 3.05) is 6.54 Å². The molecule has 1 amide bonds. The fraction of sp³-hybridized carbons (Fsp3) is 0.667. The molecule has 0 saturated heterocycles. The molecule has 0 bridgehead atoms. The normalized spacial score (nSPS) is 14.9. The Morgan fingerprint density at radius 1 is 1.43 bits per heavy atom. The number of thioether (sulfide) groups is 1. The molecule has 0 aliphatic rings. The number of nitrogens with zero attached hydrogens (tertiary/aromatic N) is 5. The first-order chi connectivity index (χ1) is 12.9. The molecule has 1 aromatic heterocycles. The third kappa shape index (κ3) is 7.10. The van der Waals surface area contributed by atoms with Crippen LogP contribution in [-0.4, -0.2) is 60.6 Å². The minimum absolute atomic E-state index is 0.000750. The number of halogens is 1. The molecule has 1 rings (SSSR count). The SMILES string of the molecule is C=N[C@@H](CCN(O)C(=O)OC(C)(C)C)c1nnc(C)n1C(=C)SC(C)[C@H](C)Cl. The highest BCUT2D eigenvalue weighted by molar-refractivity contribution is 8.08. The average Bonchev–Trinajstić information content (AvgIpc) is 2.95. The third-order valence-electron chi connectivity index (χ3n) is 3.81. The van der Waals surface area contributed by atoms with Crippen molar-refractivity contribution in [3.8, 4) is 0 Å². The number of amides is 1. The highest BCUT2D eigenvalue weighted by Gasteiger charge is 2.25. The summed E-state index contributed by atoms with van der Waals surface area (Å²) in [4.78, 5) is 16.0. The van der Waals surface area contributed by atoms with Crippen LogP contribution in [0.15, 0.2) is 11.6 Å². The zero-order chi connectivity index (χ0) is 21.6.